The van der Waals surface area contributed by atoms with Gasteiger partial charge in [0.05, 0.1) is 5.41 Å². The van der Waals surface area contributed by atoms with Crippen LogP contribution in [-0.2, 0) is 5.41 Å². The molecule has 0 bridgehead atoms. The summed E-state index contributed by atoms with van der Waals surface area (Å²) in [5.41, 5.74) is 3.67. The summed E-state index contributed by atoms with van der Waals surface area (Å²) in [7, 11) is 0. The summed E-state index contributed by atoms with van der Waals surface area (Å²) in [4.78, 5) is 19.9. The zero-order valence-corrected chi connectivity index (χ0v) is 16.3. The highest BCUT2D eigenvalue weighted by Gasteiger charge is 2.72. The lowest BCUT2D eigenvalue weighted by Crippen LogP contribution is -2.64. The van der Waals surface area contributed by atoms with Gasteiger partial charge in [0.25, 0.3) is 0 Å². The summed E-state index contributed by atoms with van der Waals surface area (Å²) in [6, 6.07) is 22.3. The molecule has 1 fully saturated rings. The summed E-state index contributed by atoms with van der Waals surface area (Å²) in [6.45, 7) is 4.37. The van der Waals surface area contributed by atoms with Crippen molar-refractivity contribution < 1.29 is 4.79 Å². The third-order valence-electron chi connectivity index (χ3n) is 6.29. The van der Waals surface area contributed by atoms with Crippen LogP contribution >= 0.6 is 11.8 Å². The number of aromatic nitrogens is 1. The first-order valence-corrected chi connectivity index (χ1v) is 10.2. The normalized spacial score (nSPS) is 28.1. The van der Waals surface area contributed by atoms with Crippen molar-refractivity contribution in [1.29, 1.82) is 0 Å². The van der Waals surface area contributed by atoms with E-state index < -0.39 is 5.41 Å². The topological polar surface area (TPSA) is 30.0 Å². The number of rotatable bonds is 3. The lowest BCUT2D eigenvalue weighted by molar-refractivity contribution is 0.0637. The summed E-state index contributed by atoms with van der Waals surface area (Å²) >= 11 is 1.87. The quantitative estimate of drug-likeness (QED) is 0.564. The molecule has 2 aliphatic rings. The van der Waals surface area contributed by atoms with Gasteiger partial charge in [0.15, 0.2) is 5.78 Å². The molecule has 1 aliphatic heterocycles. The fraction of sp³-hybridized carbons (Fsp3) is 0.250. The first-order valence-electron chi connectivity index (χ1n) is 9.37. The monoisotopic (exact) mass is 371 g/mol. The average molecular weight is 372 g/mol. The minimum atomic E-state index is -0.559. The number of hydrogen-bond donors (Lipinski definition) is 0. The molecule has 1 saturated carbocycles. The molecule has 0 radical (unpaired) electrons. The Kier molecular flexibility index (Phi) is 3.60. The van der Waals surface area contributed by atoms with Gasteiger partial charge in [-0.25, -0.2) is 0 Å². The lowest BCUT2D eigenvalue weighted by Gasteiger charge is -2.58. The van der Waals surface area contributed by atoms with Crippen LogP contribution in [0.2, 0.25) is 0 Å². The molecule has 2 aromatic carbocycles. The van der Waals surface area contributed by atoms with E-state index >= 15 is 0 Å². The molecule has 0 spiro atoms. The SMILES string of the molecule is Cc1ccc2c(c1)S[C@@]1(C)C[C@H](c3ccccn3)[C@@]21C(=O)c1ccccc1. The molecule has 0 saturated heterocycles. The highest BCUT2D eigenvalue weighted by molar-refractivity contribution is 8.01. The van der Waals surface area contributed by atoms with E-state index in [-0.39, 0.29) is 16.4 Å². The van der Waals surface area contributed by atoms with E-state index in [9.17, 15) is 4.79 Å². The molecule has 3 heteroatoms. The maximum absolute atomic E-state index is 14.0. The van der Waals surface area contributed by atoms with Crippen molar-refractivity contribution in [3.8, 4) is 0 Å². The van der Waals surface area contributed by atoms with Crippen LogP contribution < -0.4 is 0 Å². The van der Waals surface area contributed by atoms with Crippen molar-refractivity contribution >= 4 is 17.5 Å². The van der Waals surface area contributed by atoms with Crippen molar-refractivity contribution in [2.24, 2.45) is 0 Å². The number of aryl methyl sites for hydroxylation is 1. The Labute approximate surface area is 164 Å². The number of carbonyl (C=O) groups is 1. The van der Waals surface area contributed by atoms with Crippen LogP contribution in [0.25, 0.3) is 0 Å². The molecule has 1 aromatic heterocycles. The Morgan fingerprint density at radius 2 is 1.85 bits per heavy atom. The largest absolute Gasteiger partial charge is 0.293 e. The van der Waals surface area contributed by atoms with Gasteiger partial charge < -0.3 is 0 Å². The van der Waals surface area contributed by atoms with Crippen LogP contribution in [0.4, 0.5) is 0 Å². The Morgan fingerprint density at radius 3 is 2.59 bits per heavy atom. The van der Waals surface area contributed by atoms with Crippen LogP contribution in [0.5, 0.6) is 0 Å². The second-order valence-corrected chi connectivity index (χ2v) is 9.39. The number of benzene rings is 2. The predicted molar refractivity (Wildman–Crippen MR) is 109 cm³/mol. The molecule has 0 unspecified atom stereocenters. The highest BCUT2D eigenvalue weighted by atomic mass is 32.2. The Balaban J connectivity index is 1.76. The number of hydrogen-bond acceptors (Lipinski definition) is 3. The van der Waals surface area contributed by atoms with Gasteiger partial charge in [-0.1, -0.05) is 48.5 Å². The molecule has 134 valence electrons. The smallest absolute Gasteiger partial charge is 0.175 e. The Morgan fingerprint density at radius 1 is 1.07 bits per heavy atom. The van der Waals surface area contributed by atoms with Crippen LogP contribution in [0.15, 0.2) is 77.8 Å². The summed E-state index contributed by atoms with van der Waals surface area (Å²) in [5.74, 6) is 0.329. The van der Waals surface area contributed by atoms with Gasteiger partial charge in [-0.3, -0.25) is 9.78 Å². The van der Waals surface area contributed by atoms with E-state index in [1.54, 1.807) is 0 Å². The number of nitrogens with zero attached hydrogens (tertiary/aromatic N) is 1. The zero-order chi connectivity index (χ0) is 18.6. The maximum Gasteiger partial charge on any atom is 0.175 e. The van der Waals surface area contributed by atoms with Crippen LogP contribution in [0, 0.1) is 6.92 Å². The minimum absolute atomic E-state index is 0.105. The summed E-state index contributed by atoms with van der Waals surface area (Å²) in [6.07, 6.45) is 2.80. The molecule has 5 rings (SSSR count). The first kappa shape index (κ1) is 16.8. The molecule has 0 amide bonds. The molecule has 27 heavy (non-hydrogen) atoms. The van der Waals surface area contributed by atoms with E-state index in [0.29, 0.717) is 0 Å². The van der Waals surface area contributed by atoms with Gasteiger partial charge >= 0.3 is 0 Å². The molecule has 1 aliphatic carbocycles. The van der Waals surface area contributed by atoms with Gasteiger partial charge in [0.1, 0.15) is 0 Å². The predicted octanol–water partition coefficient (Wildman–Crippen LogP) is 5.56. The molecular weight excluding hydrogens is 350 g/mol. The van der Waals surface area contributed by atoms with Gasteiger partial charge in [-0.2, -0.15) is 0 Å². The van der Waals surface area contributed by atoms with Crippen molar-refractivity contribution in [1.82, 2.24) is 4.98 Å². The van der Waals surface area contributed by atoms with Gasteiger partial charge in [-0.05, 0) is 49.6 Å². The van der Waals surface area contributed by atoms with E-state index in [1.165, 1.54) is 16.0 Å². The fourth-order valence-electron chi connectivity index (χ4n) is 5.06. The Hall–Kier alpha value is -2.39. The third-order valence-corrected chi connectivity index (χ3v) is 7.78. The molecular formula is C24H21NOS. The van der Waals surface area contributed by atoms with Gasteiger partial charge in [0, 0.05) is 33.0 Å². The molecule has 0 N–H and O–H groups in total. The second kappa shape index (κ2) is 5.80. The van der Waals surface area contributed by atoms with E-state index in [4.69, 9.17) is 0 Å². The third kappa shape index (κ3) is 2.15. The number of ketones is 1. The second-order valence-electron chi connectivity index (χ2n) is 7.85. The first-order chi connectivity index (χ1) is 13.1. The van der Waals surface area contributed by atoms with Crippen molar-refractivity contribution in [2.75, 3.05) is 0 Å². The van der Waals surface area contributed by atoms with E-state index in [2.05, 4.69) is 43.1 Å². The number of fused-ring (bicyclic) bond motifs is 3. The average Bonchev–Trinajstić information content (AvgIpc) is 2.87. The van der Waals surface area contributed by atoms with Crippen LogP contribution in [0.1, 0.15) is 46.4 Å². The van der Waals surface area contributed by atoms with Gasteiger partial charge in [0.2, 0.25) is 0 Å². The number of carbonyl (C=O) groups excluding carboxylic acids is 1. The van der Waals surface area contributed by atoms with Gasteiger partial charge in [-0.15, -0.1) is 11.8 Å². The van der Waals surface area contributed by atoms with Crippen LogP contribution in [-0.4, -0.2) is 15.5 Å². The zero-order valence-electron chi connectivity index (χ0n) is 15.5. The minimum Gasteiger partial charge on any atom is -0.293 e. The lowest BCUT2D eigenvalue weighted by atomic mass is 9.46. The highest BCUT2D eigenvalue weighted by Crippen LogP contribution is 2.73. The standard InChI is InChI=1S/C24H21NOS/c1-16-11-12-18-21(14-16)27-23(2)15-19(20-10-6-7-13-25-20)24(18,23)22(26)17-8-4-3-5-9-17/h3-14,19H,15H2,1-2H3/t19-,23+,24-/m1/s1. The number of thioether (sulfide) groups is 1. The fourth-order valence-corrected chi connectivity index (χ4v) is 6.89. The molecule has 3 aromatic rings. The molecule has 2 nitrogen and oxygen atoms in total. The van der Waals surface area contributed by atoms with E-state index in [0.717, 1.165) is 17.7 Å². The Bertz CT molecular complexity index is 1030. The number of pyridine rings is 1. The number of Topliss-reactive ketones (excluding diaryl/α,β-unsaturated/α-hetero) is 1. The van der Waals surface area contributed by atoms with Crippen molar-refractivity contribution in [3.63, 3.8) is 0 Å². The maximum atomic E-state index is 14.0. The molecule has 3 atom stereocenters. The van der Waals surface area contributed by atoms with Crippen molar-refractivity contribution in [3.05, 3.63) is 95.3 Å². The summed E-state index contributed by atoms with van der Waals surface area (Å²) < 4.78 is -0.141. The van der Waals surface area contributed by atoms with Crippen LogP contribution in [0.3, 0.4) is 0 Å². The molecule has 2 heterocycles. The summed E-state index contributed by atoms with van der Waals surface area (Å²) in [5, 5.41) is 0. The van der Waals surface area contributed by atoms with E-state index in [1.807, 2.05) is 60.4 Å². The van der Waals surface area contributed by atoms with Crippen molar-refractivity contribution in [2.45, 2.75) is 41.2 Å².